The molecular weight excluding hydrogens is 749 g/mol. The van der Waals surface area contributed by atoms with Crippen molar-refractivity contribution < 1.29 is 34.0 Å². The summed E-state index contributed by atoms with van der Waals surface area (Å²) in [5.74, 6) is 1.32. The van der Waals surface area contributed by atoms with Crippen LogP contribution in [0.15, 0.2) is 59.6 Å². The van der Waals surface area contributed by atoms with Crippen molar-refractivity contribution in [2.75, 3.05) is 25.4 Å². The minimum atomic E-state index is -1.10. The van der Waals surface area contributed by atoms with Gasteiger partial charge in [-0.25, -0.2) is 14.5 Å². The fourth-order valence-electron chi connectivity index (χ4n) is 10.1. The van der Waals surface area contributed by atoms with Crippen LogP contribution in [-0.4, -0.2) is 85.6 Å². The number of likely N-dealkylation sites (tertiary alicyclic amines) is 1. The molecule has 6 N–H and O–H groups in total. The Balaban J connectivity index is 1.05. The zero-order valence-electron chi connectivity index (χ0n) is 34.9. The van der Waals surface area contributed by atoms with E-state index >= 15 is 0 Å². The molecule has 3 heterocycles. The molecule has 0 radical (unpaired) electrons. The number of fused-ring (bicyclic) bond motifs is 4. The number of rotatable bonds is 7. The second-order valence-corrected chi connectivity index (χ2v) is 19.2. The van der Waals surface area contributed by atoms with Crippen molar-refractivity contribution in [3.05, 3.63) is 88.1 Å². The van der Waals surface area contributed by atoms with Crippen molar-refractivity contribution >= 4 is 34.7 Å². The Bertz CT molecular complexity index is 2360. The first-order chi connectivity index (χ1) is 27.9. The van der Waals surface area contributed by atoms with E-state index in [0.29, 0.717) is 36.6 Å². The SMILES string of the molecule is CC(C)(C)OC(=O)NC(=NCCc1ccc2[nH]c3c(c2c1)C[C@@]1(O)[C@@H]2Cc4ccc(O)c5c4[C@@]1(CCN2CC1CC1)[C@H]3O5)N(Cc1ccc(N)cc1)C(=O)OC(C)(C)C. The Labute approximate surface area is 344 Å². The Hall–Kier alpha value is -5.27. The van der Waals surface area contributed by atoms with Crippen molar-refractivity contribution in [3.8, 4) is 11.5 Å². The molecule has 2 bridgehead atoms. The fraction of sp³-hybridized carbons (Fsp3) is 0.500. The average Bonchev–Trinajstić information content (AvgIpc) is 3.79. The van der Waals surface area contributed by atoms with Gasteiger partial charge in [0.2, 0.25) is 5.96 Å². The van der Waals surface area contributed by atoms with Crippen LogP contribution >= 0.6 is 0 Å². The molecule has 4 atom stereocenters. The summed E-state index contributed by atoms with van der Waals surface area (Å²) in [5.41, 5.74) is 10.00. The Kier molecular flexibility index (Phi) is 9.24. The molecule has 9 rings (SSSR count). The standard InChI is InChI=1S/C46H56N6O7/c1-43(2,3)58-41(54)50-40(52(42(55)59-44(4,5)6)25-28-9-13-30(47)14-10-28)48-19-17-26-11-15-33-31(21-26)32-23-46(56)35-22-29-12-16-34(53)38-36(29)45(46,39(57-38)37(32)49-33)18-20-51(35)24-27-7-8-27/h9-16,21,27,35,39,49,53,56H,7-8,17-20,22-25,47H2,1-6H3,(H,48,50,54)/t35-,39-,45-,46+/m0/s1. The zero-order valence-corrected chi connectivity index (χ0v) is 34.9. The van der Waals surface area contributed by atoms with Crippen LogP contribution in [0.4, 0.5) is 15.3 Å². The maximum Gasteiger partial charge on any atom is 0.417 e. The van der Waals surface area contributed by atoms with Crippen molar-refractivity contribution in [2.45, 2.75) is 121 Å². The van der Waals surface area contributed by atoms with Gasteiger partial charge in [-0.05, 0) is 139 Å². The lowest BCUT2D eigenvalue weighted by atomic mass is 9.49. The molecular formula is C46H56N6O7. The molecule has 4 aromatic rings. The van der Waals surface area contributed by atoms with Gasteiger partial charge < -0.3 is 35.1 Å². The molecule has 2 aliphatic heterocycles. The summed E-state index contributed by atoms with van der Waals surface area (Å²) >= 11 is 0. The van der Waals surface area contributed by atoms with E-state index in [2.05, 4.69) is 27.3 Å². The minimum absolute atomic E-state index is 0.00175. The molecule has 312 valence electrons. The lowest BCUT2D eigenvalue weighted by Gasteiger charge is -2.62. The quantitative estimate of drug-likeness (QED) is 0.0748. The molecule has 2 fully saturated rings. The monoisotopic (exact) mass is 804 g/mol. The first-order valence-electron chi connectivity index (χ1n) is 20.9. The summed E-state index contributed by atoms with van der Waals surface area (Å²) in [4.78, 5) is 39.3. The van der Waals surface area contributed by atoms with E-state index in [1.165, 1.54) is 17.7 Å². The summed E-state index contributed by atoms with van der Waals surface area (Å²) in [6, 6.07) is 17.1. The highest BCUT2D eigenvalue weighted by molar-refractivity contribution is 6.01. The van der Waals surface area contributed by atoms with Crippen LogP contribution in [0.3, 0.4) is 0 Å². The molecule has 1 saturated heterocycles. The first-order valence-corrected chi connectivity index (χ1v) is 20.9. The number of aromatic hydroxyl groups is 1. The lowest BCUT2D eigenvalue weighted by Crippen LogP contribution is -2.74. The highest BCUT2D eigenvalue weighted by Crippen LogP contribution is 2.69. The summed E-state index contributed by atoms with van der Waals surface area (Å²) in [6.45, 7) is 12.8. The Morgan fingerprint density at radius 1 is 1.03 bits per heavy atom. The van der Waals surface area contributed by atoms with Crippen molar-refractivity contribution in [2.24, 2.45) is 10.9 Å². The molecule has 1 aromatic heterocycles. The number of amides is 2. The number of hydrogen-bond acceptors (Lipinski definition) is 10. The normalized spacial score (nSPS) is 24.6. The molecule has 13 heteroatoms. The number of nitrogen functional groups attached to an aromatic ring is 1. The minimum Gasteiger partial charge on any atom is -0.504 e. The number of nitrogens with zero attached hydrogens (tertiary/aromatic N) is 3. The van der Waals surface area contributed by atoms with Crippen molar-refractivity contribution in [3.63, 3.8) is 0 Å². The maximum absolute atomic E-state index is 13.8. The number of H-pyrrole nitrogens is 1. The van der Waals surface area contributed by atoms with Gasteiger partial charge in [-0.3, -0.25) is 15.2 Å². The molecule has 59 heavy (non-hydrogen) atoms. The number of guanidine groups is 1. The number of phenols is 1. The van der Waals surface area contributed by atoms with Gasteiger partial charge in [-0.2, -0.15) is 0 Å². The van der Waals surface area contributed by atoms with Gasteiger partial charge in [0.25, 0.3) is 0 Å². The number of aliphatic hydroxyl groups is 1. The van der Waals surface area contributed by atoms with Gasteiger partial charge in [0, 0.05) is 47.7 Å². The van der Waals surface area contributed by atoms with E-state index in [-0.39, 0.29) is 30.8 Å². The number of nitrogens with two attached hydrogens (primary N) is 1. The number of anilines is 1. The van der Waals surface area contributed by atoms with Crippen molar-refractivity contribution in [1.29, 1.82) is 0 Å². The number of carbonyl (C=O) groups excluding carboxylic acids is 2. The second kappa shape index (κ2) is 13.9. The van der Waals surface area contributed by atoms with Gasteiger partial charge in [0.1, 0.15) is 11.2 Å². The molecule has 3 aliphatic carbocycles. The molecule has 0 unspecified atom stereocenters. The summed E-state index contributed by atoms with van der Waals surface area (Å²) in [7, 11) is 0. The molecule has 13 nitrogen and oxygen atoms in total. The lowest BCUT2D eigenvalue weighted by molar-refractivity contribution is -0.173. The number of aromatic amines is 1. The third-order valence-corrected chi connectivity index (χ3v) is 12.7. The molecule has 1 saturated carbocycles. The van der Waals surface area contributed by atoms with Gasteiger partial charge in [-0.1, -0.05) is 24.3 Å². The number of carbonyl (C=O) groups is 2. The number of benzene rings is 3. The number of hydrogen-bond donors (Lipinski definition) is 5. The van der Waals surface area contributed by atoms with Crippen LogP contribution < -0.4 is 15.8 Å². The van der Waals surface area contributed by atoms with Crippen LogP contribution in [-0.2, 0) is 40.7 Å². The average molecular weight is 805 g/mol. The zero-order chi connectivity index (χ0) is 41.6. The Morgan fingerprint density at radius 3 is 2.47 bits per heavy atom. The van der Waals surface area contributed by atoms with E-state index in [9.17, 15) is 19.8 Å². The summed E-state index contributed by atoms with van der Waals surface area (Å²) < 4.78 is 18.2. The predicted molar refractivity (Wildman–Crippen MR) is 225 cm³/mol. The topological polar surface area (TPSA) is 175 Å². The van der Waals surface area contributed by atoms with Crippen LogP contribution in [0.2, 0.25) is 0 Å². The summed E-state index contributed by atoms with van der Waals surface area (Å²) in [5, 5.41) is 28.2. The van der Waals surface area contributed by atoms with E-state index in [4.69, 9.17) is 24.9 Å². The van der Waals surface area contributed by atoms with Gasteiger partial charge >= 0.3 is 12.2 Å². The number of aromatic nitrogens is 1. The van der Waals surface area contributed by atoms with Gasteiger partial charge in [-0.15, -0.1) is 0 Å². The highest BCUT2D eigenvalue weighted by Gasteiger charge is 2.73. The van der Waals surface area contributed by atoms with E-state index in [1.807, 2.05) is 24.3 Å². The second-order valence-electron chi connectivity index (χ2n) is 19.2. The molecule has 1 spiro atoms. The third kappa shape index (κ3) is 6.95. The smallest absolute Gasteiger partial charge is 0.417 e. The van der Waals surface area contributed by atoms with Gasteiger partial charge in [0.15, 0.2) is 17.6 Å². The van der Waals surface area contributed by atoms with E-state index in [0.717, 1.165) is 63.9 Å². The van der Waals surface area contributed by atoms with Crippen LogP contribution in [0, 0.1) is 5.92 Å². The van der Waals surface area contributed by atoms with Crippen molar-refractivity contribution in [1.82, 2.24) is 20.1 Å². The van der Waals surface area contributed by atoms with Crippen LogP contribution in [0.1, 0.15) is 100 Å². The highest BCUT2D eigenvalue weighted by atomic mass is 16.6. The number of piperidine rings is 1. The van der Waals surface area contributed by atoms with E-state index < -0.39 is 40.5 Å². The Morgan fingerprint density at radius 2 is 1.76 bits per heavy atom. The largest absolute Gasteiger partial charge is 0.504 e. The number of ether oxygens (including phenoxy) is 3. The number of phenolic OH excluding ortho intramolecular Hbond substituents is 1. The van der Waals surface area contributed by atoms with E-state index in [1.54, 1.807) is 59.7 Å². The maximum atomic E-state index is 13.8. The number of aliphatic imine (C=N–C) groups is 1. The molecule has 2 amide bonds. The molecule has 3 aromatic carbocycles. The van der Waals surface area contributed by atoms with Crippen LogP contribution in [0.25, 0.3) is 10.9 Å². The summed E-state index contributed by atoms with van der Waals surface area (Å²) in [6.07, 6.45) is 2.99. The van der Waals surface area contributed by atoms with Crippen LogP contribution in [0.5, 0.6) is 11.5 Å². The number of alkyl carbamates (subject to hydrolysis) is 1. The van der Waals surface area contributed by atoms with Gasteiger partial charge in [0.05, 0.1) is 23.3 Å². The third-order valence-electron chi connectivity index (χ3n) is 12.7. The molecule has 5 aliphatic rings. The predicted octanol–water partition coefficient (Wildman–Crippen LogP) is 7.02. The fourth-order valence-corrected chi connectivity index (χ4v) is 10.1. The number of nitrogens with one attached hydrogen (secondary N) is 2. The first kappa shape index (κ1) is 39.2.